The van der Waals surface area contributed by atoms with E-state index in [0.29, 0.717) is 30.1 Å². The van der Waals surface area contributed by atoms with Crippen LogP contribution in [0, 0.1) is 0 Å². The van der Waals surface area contributed by atoms with Crippen molar-refractivity contribution < 1.29 is 18.7 Å². The minimum absolute atomic E-state index is 0.290. The number of methoxy groups -OCH3 is 1. The van der Waals surface area contributed by atoms with Crippen molar-refractivity contribution in [3.8, 4) is 0 Å². The molecule has 0 heterocycles. The molecule has 1 unspecified atom stereocenters. The van der Waals surface area contributed by atoms with E-state index in [0.717, 1.165) is 12.0 Å². The predicted molar refractivity (Wildman–Crippen MR) is 66.3 cm³/mol. The molecule has 0 fully saturated rings. The lowest BCUT2D eigenvalue weighted by atomic mass is 10.0. The molecule has 0 amide bonds. The molecule has 0 rings (SSSR count). The summed E-state index contributed by atoms with van der Waals surface area (Å²) in [5.74, 6) is -0.290. The summed E-state index contributed by atoms with van der Waals surface area (Å²) in [6.07, 6.45) is 1.36. The van der Waals surface area contributed by atoms with E-state index in [1.165, 1.54) is 7.11 Å². The zero-order valence-corrected chi connectivity index (χ0v) is 12.7. The Morgan fingerprint density at radius 2 is 2.12 bits per heavy atom. The molecule has 0 bridgehead atoms. The molecule has 0 aromatic heterocycles. The molecule has 4 nitrogen and oxygen atoms in total. The molecular weight excluding hydrogens is 224 g/mol. The summed E-state index contributed by atoms with van der Waals surface area (Å²) in [5.41, 5.74) is 0.155. The zero-order valence-electron chi connectivity index (χ0n) is 10.7. The van der Waals surface area contributed by atoms with Gasteiger partial charge in [0.25, 0.3) is 0 Å². The van der Waals surface area contributed by atoms with Gasteiger partial charge in [0, 0.05) is 13.7 Å². The van der Waals surface area contributed by atoms with Crippen LogP contribution in [-0.4, -0.2) is 42.4 Å². The van der Waals surface area contributed by atoms with E-state index in [-0.39, 0.29) is 5.97 Å². The van der Waals surface area contributed by atoms with E-state index in [1.807, 2.05) is 6.92 Å². The summed E-state index contributed by atoms with van der Waals surface area (Å²) in [6.45, 7) is 8.56. The summed E-state index contributed by atoms with van der Waals surface area (Å²) in [7, 11) is 1.91. The molecule has 0 aliphatic carbocycles. The predicted octanol–water partition coefficient (Wildman–Crippen LogP) is 0.588. The largest absolute Gasteiger partial charge is 0.527 e. The van der Waals surface area contributed by atoms with E-state index in [9.17, 15) is 4.79 Å². The van der Waals surface area contributed by atoms with Gasteiger partial charge in [0.15, 0.2) is 5.60 Å². The maximum absolute atomic E-state index is 11.5. The molecule has 0 radical (unpaired) electrons. The Hall–Kier alpha value is -0.653. The van der Waals surface area contributed by atoms with Gasteiger partial charge in [0.2, 0.25) is 10.5 Å². The van der Waals surface area contributed by atoms with Crippen LogP contribution in [0.1, 0.15) is 26.7 Å². The molecular formula is C11H22O4Si. The average Bonchev–Trinajstić information content (AvgIpc) is 2.26. The first-order valence-corrected chi connectivity index (χ1v) is 6.13. The minimum atomic E-state index is -0.839. The number of ether oxygens (including phenoxy) is 2. The molecule has 94 valence electrons. The van der Waals surface area contributed by atoms with E-state index in [1.54, 1.807) is 6.92 Å². The molecule has 0 N–H and O–H groups in total. The molecule has 0 saturated heterocycles. The lowest BCUT2D eigenvalue weighted by Gasteiger charge is -2.25. The molecule has 5 heteroatoms. The van der Waals surface area contributed by atoms with E-state index >= 15 is 0 Å². The lowest BCUT2D eigenvalue weighted by Crippen LogP contribution is -2.38. The quantitative estimate of drug-likeness (QED) is 0.357. The van der Waals surface area contributed by atoms with E-state index < -0.39 is 5.60 Å². The zero-order chi connectivity index (χ0) is 12.6. The molecule has 0 aliphatic rings. The van der Waals surface area contributed by atoms with Gasteiger partial charge in [-0.25, -0.2) is 0 Å². The highest BCUT2D eigenvalue weighted by molar-refractivity contribution is 6.06. The van der Waals surface area contributed by atoms with Crippen molar-refractivity contribution >= 4 is 16.5 Å². The Balaban J connectivity index is 3.87. The third-order valence-electron chi connectivity index (χ3n) is 2.36. The van der Waals surface area contributed by atoms with Crippen LogP contribution in [0.5, 0.6) is 0 Å². The second-order valence-electron chi connectivity index (χ2n) is 4.04. The fraction of sp³-hybridized carbons (Fsp3) is 0.727. The van der Waals surface area contributed by atoms with E-state index in [4.69, 9.17) is 13.9 Å². The van der Waals surface area contributed by atoms with Gasteiger partial charge >= 0.3 is 5.97 Å². The van der Waals surface area contributed by atoms with Crippen LogP contribution in [0.25, 0.3) is 0 Å². The lowest BCUT2D eigenvalue weighted by molar-refractivity contribution is -0.157. The molecule has 0 saturated carbocycles. The van der Waals surface area contributed by atoms with Crippen molar-refractivity contribution in [1.82, 2.24) is 0 Å². The van der Waals surface area contributed by atoms with Gasteiger partial charge in [-0.2, -0.15) is 0 Å². The summed E-state index contributed by atoms with van der Waals surface area (Å²) in [4.78, 5) is 11.5. The Kier molecular flexibility index (Phi) is 7.28. The van der Waals surface area contributed by atoms with Crippen LogP contribution in [0.4, 0.5) is 0 Å². The summed E-state index contributed by atoms with van der Waals surface area (Å²) >= 11 is 0. The van der Waals surface area contributed by atoms with Gasteiger partial charge in [0.05, 0.1) is 6.61 Å². The molecule has 0 spiro atoms. The molecule has 0 aliphatic heterocycles. The van der Waals surface area contributed by atoms with Crippen molar-refractivity contribution in [2.24, 2.45) is 0 Å². The second-order valence-corrected chi connectivity index (χ2v) is 4.45. The topological polar surface area (TPSA) is 44.8 Å². The highest BCUT2D eigenvalue weighted by atomic mass is 28.2. The summed E-state index contributed by atoms with van der Waals surface area (Å²) in [5, 5.41) is 0. The maximum atomic E-state index is 11.5. The van der Waals surface area contributed by atoms with Crippen molar-refractivity contribution in [2.45, 2.75) is 32.3 Å². The first-order valence-electron chi connectivity index (χ1n) is 5.32. The number of carbonyl (C=O) groups excluding carboxylic acids is 1. The third-order valence-corrected chi connectivity index (χ3v) is 2.73. The summed E-state index contributed by atoms with van der Waals surface area (Å²) in [6, 6.07) is 0. The first kappa shape index (κ1) is 15.3. The van der Waals surface area contributed by atoms with Crippen LogP contribution in [0.2, 0.25) is 0 Å². The third kappa shape index (κ3) is 5.44. The van der Waals surface area contributed by atoms with Gasteiger partial charge < -0.3 is 13.9 Å². The van der Waals surface area contributed by atoms with Crippen LogP contribution in [-0.2, 0) is 18.7 Å². The SMILES string of the molecule is C=C(C)COCCCC(C)(OC)C(=O)O[SiH3]. The Bertz CT molecular complexity index is 242. The number of carbonyl (C=O) groups is 1. The van der Waals surface area contributed by atoms with Crippen molar-refractivity contribution in [2.75, 3.05) is 20.3 Å². The number of hydrogen-bond acceptors (Lipinski definition) is 4. The van der Waals surface area contributed by atoms with Gasteiger partial charge in [-0.05, 0) is 26.7 Å². The first-order chi connectivity index (χ1) is 7.46. The number of hydrogen-bond donors (Lipinski definition) is 0. The van der Waals surface area contributed by atoms with Crippen LogP contribution >= 0.6 is 0 Å². The van der Waals surface area contributed by atoms with Gasteiger partial charge in [-0.3, -0.25) is 4.79 Å². The van der Waals surface area contributed by atoms with Gasteiger partial charge in [-0.15, -0.1) is 0 Å². The molecule has 1 atom stereocenters. The van der Waals surface area contributed by atoms with Gasteiger partial charge in [0.1, 0.15) is 0 Å². The standard InChI is InChI=1S/C11H22O4Si/c1-9(2)8-14-7-5-6-11(3,13-4)10(12)15-16/h1,5-8H2,2-4,16H3. The minimum Gasteiger partial charge on any atom is -0.527 e. The molecule has 0 aromatic rings. The smallest absolute Gasteiger partial charge is 0.324 e. The Labute approximate surface area is 100 Å². The summed E-state index contributed by atoms with van der Waals surface area (Å²) < 4.78 is 15.4. The normalized spacial score (nSPS) is 14.4. The van der Waals surface area contributed by atoms with Crippen LogP contribution in [0.3, 0.4) is 0 Å². The number of rotatable bonds is 8. The Morgan fingerprint density at radius 1 is 1.50 bits per heavy atom. The van der Waals surface area contributed by atoms with Crippen molar-refractivity contribution in [3.05, 3.63) is 12.2 Å². The second kappa shape index (κ2) is 7.59. The maximum Gasteiger partial charge on any atom is 0.324 e. The molecule has 16 heavy (non-hydrogen) atoms. The van der Waals surface area contributed by atoms with Gasteiger partial charge in [-0.1, -0.05) is 12.2 Å². The fourth-order valence-corrected chi connectivity index (χ4v) is 1.69. The molecule has 0 aromatic carbocycles. The highest BCUT2D eigenvalue weighted by Crippen LogP contribution is 2.18. The highest BCUT2D eigenvalue weighted by Gasteiger charge is 2.33. The fourth-order valence-electron chi connectivity index (χ4n) is 1.26. The Morgan fingerprint density at radius 3 is 2.56 bits per heavy atom. The van der Waals surface area contributed by atoms with Crippen LogP contribution in [0.15, 0.2) is 12.2 Å². The van der Waals surface area contributed by atoms with E-state index in [2.05, 4.69) is 6.58 Å². The average molecular weight is 246 g/mol. The van der Waals surface area contributed by atoms with Crippen molar-refractivity contribution in [3.63, 3.8) is 0 Å². The van der Waals surface area contributed by atoms with Crippen LogP contribution < -0.4 is 0 Å². The van der Waals surface area contributed by atoms with Crippen molar-refractivity contribution in [1.29, 1.82) is 0 Å². The monoisotopic (exact) mass is 246 g/mol.